The first-order valence-electron chi connectivity index (χ1n) is 9.90. The zero-order valence-corrected chi connectivity index (χ0v) is 15.9. The third-order valence-electron chi connectivity index (χ3n) is 5.65. The Morgan fingerprint density at radius 3 is 2.38 bits per heavy atom. The number of amides is 2. The quantitative estimate of drug-likeness (QED) is 0.876. The Morgan fingerprint density at radius 2 is 1.69 bits per heavy atom. The van der Waals surface area contributed by atoms with Crippen molar-refractivity contribution in [1.29, 1.82) is 0 Å². The second kappa shape index (κ2) is 8.56. The highest BCUT2D eigenvalue weighted by Gasteiger charge is 2.29. The molecule has 1 saturated carbocycles. The van der Waals surface area contributed by atoms with Gasteiger partial charge in [0.2, 0.25) is 0 Å². The molecule has 0 bridgehead atoms. The minimum atomic E-state index is -0.111. The Bertz CT molecular complexity index is 630. The van der Waals surface area contributed by atoms with Crippen LogP contribution in [0.1, 0.15) is 69.2 Å². The zero-order valence-electron chi connectivity index (χ0n) is 15.9. The number of rotatable bonds is 5. The van der Waals surface area contributed by atoms with Crippen LogP contribution in [0.25, 0.3) is 0 Å². The lowest BCUT2D eigenvalue weighted by molar-refractivity contribution is -0.139. The first kappa shape index (κ1) is 18.7. The molecular weight excluding hydrogens is 328 g/mol. The number of carbonyl (C=O) groups excluding carboxylic acids is 2. The molecule has 2 aliphatic rings. The van der Waals surface area contributed by atoms with Crippen LogP contribution in [0.3, 0.4) is 0 Å². The monoisotopic (exact) mass is 358 g/mol. The lowest BCUT2D eigenvalue weighted by Gasteiger charge is -2.39. The summed E-state index contributed by atoms with van der Waals surface area (Å²) in [7, 11) is 0. The molecule has 0 radical (unpaired) electrons. The molecule has 142 valence electrons. The van der Waals surface area contributed by atoms with Crippen molar-refractivity contribution in [2.24, 2.45) is 0 Å². The maximum atomic E-state index is 12.7. The Morgan fingerprint density at radius 1 is 1.04 bits per heavy atom. The van der Waals surface area contributed by atoms with Gasteiger partial charge in [-0.25, -0.2) is 0 Å². The van der Waals surface area contributed by atoms with Crippen LogP contribution < -0.4 is 10.1 Å². The van der Waals surface area contributed by atoms with Gasteiger partial charge in [-0.15, -0.1) is 0 Å². The van der Waals surface area contributed by atoms with E-state index in [-0.39, 0.29) is 36.5 Å². The molecule has 3 rings (SSSR count). The van der Waals surface area contributed by atoms with Gasteiger partial charge in [-0.2, -0.15) is 0 Å². The molecule has 1 heterocycles. The molecule has 1 aliphatic carbocycles. The maximum Gasteiger partial charge on any atom is 0.260 e. The highest BCUT2D eigenvalue weighted by Crippen LogP contribution is 2.24. The van der Waals surface area contributed by atoms with Crippen molar-refractivity contribution < 1.29 is 14.3 Å². The molecule has 1 aliphatic heterocycles. The van der Waals surface area contributed by atoms with Crippen molar-refractivity contribution in [3.63, 3.8) is 0 Å². The van der Waals surface area contributed by atoms with Crippen LogP contribution in [0, 0.1) is 0 Å². The predicted octanol–water partition coefficient (Wildman–Crippen LogP) is 3.53. The lowest BCUT2D eigenvalue weighted by Crippen LogP contribution is -2.49. The first-order chi connectivity index (χ1) is 12.6. The molecule has 5 heteroatoms. The number of likely N-dealkylation sites (tertiary alicyclic amines) is 1. The second-order valence-corrected chi connectivity index (χ2v) is 7.67. The minimum absolute atomic E-state index is 0.00398. The fourth-order valence-electron chi connectivity index (χ4n) is 4.24. The fraction of sp³-hybridized carbons (Fsp3) is 0.619. The summed E-state index contributed by atoms with van der Waals surface area (Å²) in [6.07, 6.45) is 7.66. The number of piperidine rings is 1. The standard InChI is InChI=1S/C21H30N2O3/c1-15-8-7-9-16(2)23(15)20(24)14-26-19-13-6-5-12-18(19)21(25)22-17-10-3-4-11-17/h5-6,12-13,15-17H,3-4,7-11,14H2,1-2H3,(H,22,25). The van der Waals surface area contributed by atoms with E-state index >= 15 is 0 Å². The SMILES string of the molecule is CC1CCCC(C)N1C(=O)COc1ccccc1C(=O)NC1CCCC1. The summed E-state index contributed by atoms with van der Waals surface area (Å²) in [6, 6.07) is 7.93. The van der Waals surface area contributed by atoms with Gasteiger partial charge >= 0.3 is 0 Å². The van der Waals surface area contributed by atoms with Crippen LogP contribution >= 0.6 is 0 Å². The molecule has 0 aromatic heterocycles. The summed E-state index contributed by atoms with van der Waals surface area (Å²) in [5, 5.41) is 3.09. The molecule has 1 saturated heterocycles. The number of carbonyl (C=O) groups is 2. The predicted molar refractivity (Wildman–Crippen MR) is 101 cm³/mol. The summed E-state index contributed by atoms with van der Waals surface area (Å²) in [5.74, 6) is 0.365. The third kappa shape index (κ3) is 4.37. The van der Waals surface area contributed by atoms with E-state index in [2.05, 4.69) is 19.2 Å². The van der Waals surface area contributed by atoms with E-state index in [1.54, 1.807) is 12.1 Å². The lowest BCUT2D eigenvalue weighted by atomic mass is 9.97. The summed E-state index contributed by atoms with van der Waals surface area (Å²) in [6.45, 7) is 4.16. The van der Waals surface area contributed by atoms with Crippen molar-refractivity contribution >= 4 is 11.8 Å². The Balaban J connectivity index is 1.62. The van der Waals surface area contributed by atoms with E-state index in [0.717, 1.165) is 32.1 Å². The summed E-state index contributed by atoms with van der Waals surface area (Å²) in [5.41, 5.74) is 0.506. The minimum Gasteiger partial charge on any atom is -0.483 e. The van der Waals surface area contributed by atoms with Crippen LogP contribution in [0.15, 0.2) is 24.3 Å². The molecule has 5 nitrogen and oxygen atoms in total. The largest absolute Gasteiger partial charge is 0.483 e. The van der Waals surface area contributed by atoms with E-state index in [1.807, 2.05) is 17.0 Å². The second-order valence-electron chi connectivity index (χ2n) is 7.67. The van der Waals surface area contributed by atoms with Gasteiger partial charge in [0.15, 0.2) is 6.61 Å². The van der Waals surface area contributed by atoms with Crippen molar-refractivity contribution in [3.8, 4) is 5.75 Å². The van der Waals surface area contributed by atoms with Crippen LogP contribution in [0.4, 0.5) is 0 Å². The van der Waals surface area contributed by atoms with Gasteiger partial charge < -0.3 is 15.0 Å². The normalized spacial score (nSPS) is 23.7. The molecule has 0 spiro atoms. The molecule has 2 amide bonds. The fourth-order valence-corrected chi connectivity index (χ4v) is 4.24. The van der Waals surface area contributed by atoms with Crippen molar-refractivity contribution in [2.45, 2.75) is 76.9 Å². The van der Waals surface area contributed by atoms with Crippen LogP contribution in [-0.2, 0) is 4.79 Å². The molecule has 26 heavy (non-hydrogen) atoms. The molecule has 1 aromatic rings. The summed E-state index contributed by atoms with van der Waals surface area (Å²) in [4.78, 5) is 27.2. The van der Waals surface area contributed by atoms with Gasteiger partial charge in [-0.05, 0) is 58.1 Å². The smallest absolute Gasteiger partial charge is 0.260 e. The van der Waals surface area contributed by atoms with E-state index in [4.69, 9.17) is 4.74 Å². The van der Waals surface area contributed by atoms with E-state index in [9.17, 15) is 9.59 Å². The number of para-hydroxylation sites is 1. The number of ether oxygens (including phenoxy) is 1. The first-order valence-corrected chi connectivity index (χ1v) is 9.90. The zero-order chi connectivity index (χ0) is 18.5. The van der Waals surface area contributed by atoms with Gasteiger partial charge in [0.05, 0.1) is 5.56 Å². The van der Waals surface area contributed by atoms with Gasteiger partial charge in [0.1, 0.15) is 5.75 Å². The average Bonchev–Trinajstić information content (AvgIpc) is 3.13. The highest BCUT2D eigenvalue weighted by molar-refractivity contribution is 5.97. The van der Waals surface area contributed by atoms with Gasteiger partial charge in [-0.1, -0.05) is 25.0 Å². The van der Waals surface area contributed by atoms with Crippen LogP contribution in [-0.4, -0.2) is 41.4 Å². The van der Waals surface area contributed by atoms with Crippen molar-refractivity contribution in [3.05, 3.63) is 29.8 Å². The summed E-state index contributed by atoms with van der Waals surface area (Å²) >= 11 is 0. The number of hydrogen-bond donors (Lipinski definition) is 1. The molecule has 2 fully saturated rings. The Kier molecular flexibility index (Phi) is 6.17. The highest BCUT2D eigenvalue weighted by atomic mass is 16.5. The number of hydrogen-bond acceptors (Lipinski definition) is 3. The molecule has 2 unspecified atom stereocenters. The van der Waals surface area contributed by atoms with E-state index in [1.165, 1.54) is 12.8 Å². The van der Waals surface area contributed by atoms with Gasteiger partial charge in [-0.3, -0.25) is 9.59 Å². The average molecular weight is 358 g/mol. The number of benzene rings is 1. The van der Waals surface area contributed by atoms with Crippen LogP contribution in [0.2, 0.25) is 0 Å². The molecule has 1 aromatic carbocycles. The van der Waals surface area contributed by atoms with Gasteiger partial charge in [0.25, 0.3) is 11.8 Å². The molecule has 2 atom stereocenters. The van der Waals surface area contributed by atoms with Gasteiger partial charge in [0, 0.05) is 18.1 Å². The molecule has 1 N–H and O–H groups in total. The Hall–Kier alpha value is -2.04. The number of nitrogens with one attached hydrogen (secondary N) is 1. The van der Waals surface area contributed by atoms with E-state index < -0.39 is 0 Å². The topological polar surface area (TPSA) is 58.6 Å². The van der Waals surface area contributed by atoms with Crippen LogP contribution in [0.5, 0.6) is 5.75 Å². The van der Waals surface area contributed by atoms with E-state index in [0.29, 0.717) is 11.3 Å². The molecular formula is C21H30N2O3. The third-order valence-corrected chi connectivity index (χ3v) is 5.65. The number of nitrogens with zero attached hydrogens (tertiary/aromatic N) is 1. The Labute approximate surface area is 156 Å². The maximum absolute atomic E-state index is 12.7. The van der Waals surface area contributed by atoms with Crippen molar-refractivity contribution in [1.82, 2.24) is 10.2 Å². The summed E-state index contributed by atoms with van der Waals surface area (Å²) < 4.78 is 5.78. The van der Waals surface area contributed by atoms with Crippen molar-refractivity contribution in [2.75, 3.05) is 6.61 Å².